The minimum Gasteiger partial charge on any atom is -0.398 e. The molecular formula is C12H20N2S. The molecule has 0 aliphatic carbocycles. The molecule has 15 heavy (non-hydrogen) atoms. The van der Waals surface area contributed by atoms with Gasteiger partial charge in [0.1, 0.15) is 0 Å². The predicted molar refractivity (Wildman–Crippen MR) is 71.8 cm³/mol. The van der Waals surface area contributed by atoms with Gasteiger partial charge in [0.15, 0.2) is 0 Å². The first kappa shape index (κ1) is 12.2. The van der Waals surface area contributed by atoms with E-state index in [1.807, 2.05) is 24.8 Å². The van der Waals surface area contributed by atoms with Gasteiger partial charge in [-0.05, 0) is 37.8 Å². The van der Waals surface area contributed by atoms with E-state index in [0.29, 0.717) is 6.04 Å². The van der Waals surface area contributed by atoms with Gasteiger partial charge >= 0.3 is 0 Å². The summed E-state index contributed by atoms with van der Waals surface area (Å²) in [7, 11) is 2.12. The average Bonchev–Trinajstić information content (AvgIpc) is 2.21. The van der Waals surface area contributed by atoms with Crippen LogP contribution in [0.25, 0.3) is 0 Å². The molecule has 0 saturated carbocycles. The lowest BCUT2D eigenvalue weighted by molar-refractivity contribution is 0.765. The third kappa shape index (κ3) is 3.06. The van der Waals surface area contributed by atoms with E-state index in [1.165, 1.54) is 5.69 Å². The van der Waals surface area contributed by atoms with E-state index in [-0.39, 0.29) is 0 Å². The quantitative estimate of drug-likeness (QED) is 0.797. The van der Waals surface area contributed by atoms with Crippen molar-refractivity contribution in [3.05, 3.63) is 23.8 Å². The summed E-state index contributed by atoms with van der Waals surface area (Å²) in [6.45, 7) is 4.26. The Balaban J connectivity index is 2.81. The molecule has 0 spiro atoms. The number of aryl methyl sites for hydroxylation is 1. The van der Waals surface area contributed by atoms with Crippen molar-refractivity contribution >= 4 is 23.1 Å². The molecule has 0 aliphatic rings. The Morgan fingerprint density at radius 3 is 2.67 bits per heavy atom. The molecule has 1 unspecified atom stereocenters. The van der Waals surface area contributed by atoms with Crippen LogP contribution in [-0.4, -0.2) is 25.1 Å². The molecule has 1 rings (SSSR count). The fourth-order valence-corrected chi connectivity index (χ4v) is 2.16. The van der Waals surface area contributed by atoms with Crippen LogP contribution in [0.4, 0.5) is 11.4 Å². The predicted octanol–water partition coefficient (Wildman–Crippen LogP) is 2.76. The fourth-order valence-electron chi connectivity index (χ4n) is 1.45. The largest absolute Gasteiger partial charge is 0.398 e. The Morgan fingerprint density at radius 2 is 2.13 bits per heavy atom. The Morgan fingerprint density at radius 1 is 1.47 bits per heavy atom. The van der Waals surface area contributed by atoms with Crippen molar-refractivity contribution in [2.24, 2.45) is 0 Å². The topological polar surface area (TPSA) is 29.3 Å². The molecule has 3 heteroatoms. The number of rotatable bonds is 4. The highest BCUT2D eigenvalue weighted by Crippen LogP contribution is 2.22. The van der Waals surface area contributed by atoms with Crippen LogP contribution in [0, 0.1) is 6.92 Å². The molecule has 84 valence electrons. The standard InChI is InChI=1S/C12H20N2S/c1-9-5-6-11(7-12(9)13)14(3)10(2)8-15-4/h5-7,10H,8,13H2,1-4H3. The van der Waals surface area contributed by atoms with E-state index in [1.54, 1.807) is 0 Å². The van der Waals surface area contributed by atoms with Gasteiger partial charge < -0.3 is 10.6 Å². The van der Waals surface area contributed by atoms with Crippen LogP contribution < -0.4 is 10.6 Å². The van der Waals surface area contributed by atoms with Gasteiger partial charge in [0.2, 0.25) is 0 Å². The van der Waals surface area contributed by atoms with Crippen molar-refractivity contribution in [3.63, 3.8) is 0 Å². The van der Waals surface area contributed by atoms with Gasteiger partial charge in [-0.3, -0.25) is 0 Å². The molecule has 0 fully saturated rings. The normalized spacial score (nSPS) is 12.5. The van der Waals surface area contributed by atoms with Crippen LogP contribution in [0.5, 0.6) is 0 Å². The van der Waals surface area contributed by atoms with E-state index < -0.39 is 0 Å². The lowest BCUT2D eigenvalue weighted by Crippen LogP contribution is -2.30. The first-order valence-electron chi connectivity index (χ1n) is 5.14. The number of nitrogens with two attached hydrogens (primary N) is 1. The zero-order valence-electron chi connectivity index (χ0n) is 9.95. The second kappa shape index (κ2) is 5.31. The SMILES string of the molecule is CSCC(C)N(C)c1ccc(C)c(N)c1. The van der Waals surface area contributed by atoms with Gasteiger partial charge in [0.05, 0.1) is 0 Å². The lowest BCUT2D eigenvalue weighted by atomic mass is 10.1. The van der Waals surface area contributed by atoms with Gasteiger partial charge in [-0.25, -0.2) is 0 Å². The molecule has 0 aromatic heterocycles. The molecule has 1 aromatic rings. The molecule has 1 atom stereocenters. The second-order valence-electron chi connectivity index (χ2n) is 3.96. The van der Waals surface area contributed by atoms with E-state index >= 15 is 0 Å². The second-order valence-corrected chi connectivity index (χ2v) is 4.87. The fraction of sp³-hybridized carbons (Fsp3) is 0.500. The number of hydrogen-bond donors (Lipinski definition) is 1. The molecule has 2 N–H and O–H groups in total. The third-order valence-electron chi connectivity index (χ3n) is 2.74. The summed E-state index contributed by atoms with van der Waals surface area (Å²) >= 11 is 1.87. The Bertz CT molecular complexity index is 325. The van der Waals surface area contributed by atoms with Gasteiger partial charge in [-0.1, -0.05) is 6.07 Å². The van der Waals surface area contributed by atoms with Crippen LogP contribution in [0.15, 0.2) is 18.2 Å². The zero-order valence-corrected chi connectivity index (χ0v) is 10.8. The summed E-state index contributed by atoms with van der Waals surface area (Å²) in [6, 6.07) is 6.78. The summed E-state index contributed by atoms with van der Waals surface area (Å²) in [5, 5.41) is 0. The first-order chi connectivity index (χ1) is 7.06. The molecule has 1 aromatic carbocycles. The summed E-state index contributed by atoms with van der Waals surface area (Å²) in [5.41, 5.74) is 9.11. The van der Waals surface area contributed by atoms with Crippen molar-refractivity contribution in [2.75, 3.05) is 29.7 Å². The van der Waals surface area contributed by atoms with E-state index in [4.69, 9.17) is 5.73 Å². The minimum atomic E-state index is 0.530. The molecule has 0 radical (unpaired) electrons. The number of nitrogen functional groups attached to an aromatic ring is 1. The smallest absolute Gasteiger partial charge is 0.0387 e. The molecule has 0 aliphatic heterocycles. The summed E-state index contributed by atoms with van der Waals surface area (Å²) in [4.78, 5) is 2.27. The number of benzene rings is 1. The molecule has 2 nitrogen and oxygen atoms in total. The zero-order chi connectivity index (χ0) is 11.4. The molecule has 0 heterocycles. The average molecular weight is 224 g/mol. The maximum Gasteiger partial charge on any atom is 0.0387 e. The highest BCUT2D eigenvalue weighted by Gasteiger charge is 2.09. The Hall–Kier alpha value is -0.830. The van der Waals surface area contributed by atoms with Gasteiger partial charge in [-0.2, -0.15) is 11.8 Å². The molecule has 0 saturated heterocycles. The molecule has 0 bridgehead atoms. The van der Waals surface area contributed by atoms with Crippen molar-refractivity contribution in [2.45, 2.75) is 19.9 Å². The van der Waals surface area contributed by atoms with Crippen LogP contribution in [0.3, 0.4) is 0 Å². The number of nitrogens with zero attached hydrogens (tertiary/aromatic N) is 1. The van der Waals surface area contributed by atoms with Crippen molar-refractivity contribution in [3.8, 4) is 0 Å². The van der Waals surface area contributed by atoms with E-state index in [0.717, 1.165) is 17.0 Å². The number of thioether (sulfide) groups is 1. The summed E-state index contributed by atoms with van der Waals surface area (Å²) < 4.78 is 0. The monoisotopic (exact) mass is 224 g/mol. The van der Waals surface area contributed by atoms with Crippen LogP contribution in [-0.2, 0) is 0 Å². The van der Waals surface area contributed by atoms with Crippen molar-refractivity contribution < 1.29 is 0 Å². The van der Waals surface area contributed by atoms with Gasteiger partial charge in [-0.15, -0.1) is 0 Å². The van der Waals surface area contributed by atoms with Crippen molar-refractivity contribution in [1.82, 2.24) is 0 Å². The molecular weight excluding hydrogens is 204 g/mol. The Labute approximate surface area is 96.8 Å². The van der Waals surface area contributed by atoms with Crippen LogP contribution >= 0.6 is 11.8 Å². The maximum absolute atomic E-state index is 5.90. The van der Waals surface area contributed by atoms with E-state index in [2.05, 4.69) is 37.3 Å². The highest BCUT2D eigenvalue weighted by atomic mass is 32.2. The number of anilines is 2. The Kier molecular flexibility index (Phi) is 4.33. The first-order valence-corrected chi connectivity index (χ1v) is 6.53. The molecule has 0 amide bonds. The summed E-state index contributed by atoms with van der Waals surface area (Å²) in [6.07, 6.45) is 2.13. The van der Waals surface area contributed by atoms with Crippen molar-refractivity contribution in [1.29, 1.82) is 0 Å². The maximum atomic E-state index is 5.90. The van der Waals surface area contributed by atoms with E-state index in [9.17, 15) is 0 Å². The van der Waals surface area contributed by atoms with Crippen LogP contribution in [0.1, 0.15) is 12.5 Å². The van der Waals surface area contributed by atoms with Crippen LogP contribution in [0.2, 0.25) is 0 Å². The third-order valence-corrected chi connectivity index (χ3v) is 3.55. The van der Waals surface area contributed by atoms with Gasteiger partial charge in [0, 0.05) is 30.2 Å². The summed E-state index contributed by atoms with van der Waals surface area (Å²) in [5.74, 6) is 1.13. The van der Waals surface area contributed by atoms with Gasteiger partial charge in [0.25, 0.3) is 0 Å². The minimum absolute atomic E-state index is 0.530. The number of hydrogen-bond acceptors (Lipinski definition) is 3. The lowest BCUT2D eigenvalue weighted by Gasteiger charge is -2.27. The highest BCUT2D eigenvalue weighted by molar-refractivity contribution is 7.98.